The molecule has 2 aliphatic heterocycles. The van der Waals surface area contributed by atoms with Crippen LogP contribution in [0, 0.1) is 17.8 Å². The third-order valence-corrected chi connectivity index (χ3v) is 11.1. The number of unbranched alkanes of at least 4 members (excludes halogenated alkanes) is 2. The Kier molecular flexibility index (Phi) is 11.3. The second-order valence-electron chi connectivity index (χ2n) is 14.4. The van der Waals surface area contributed by atoms with Crippen molar-refractivity contribution < 1.29 is 9.90 Å². The number of nitrogens with zero attached hydrogens (tertiary/aromatic N) is 5. The molecule has 0 bridgehead atoms. The van der Waals surface area contributed by atoms with Gasteiger partial charge in [-0.1, -0.05) is 75.4 Å². The Bertz CT molecular complexity index is 1450. The van der Waals surface area contributed by atoms with E-state index < -0.39 is 0 Å². The summed E-state index contributed by atoms with van der Waals surface area (Å²) in [5.41, 5.74) is 11.2. The molecule has 1 amide bonds. The van der Waals surface area contributed by atoms with Crippen LogP contribution in [0.1, 0.15) is 82.3 Å². The summed E-state index contributed by atoms with van der Waals surface area (Å²) in [4.78, 5) is 19.8. The summed E-state index contributed by atoms with van der Waals surface area (Å²) < 4.78 is 0. The summed E-state index contributed by atoms with van der Waals surface area (Å²) in [6, 6.07) is 18.5. The van der Waals surface area contributed by atoms with Gasteiger partial charge in [0.25, 0.3) is 0 Å². The number of para-hydroxylation sites is 1. The number of hydrogen-bond acceptors (Lipinski definition) is 7. The van der Waals surface area contributed by atoms with E-state index in [2.05, 4.69) is 51.2 Å². The van der Waals surface area contributed by atoms with E-state index >= 15 is 0 Å². The van der Waals surface area contributed by atoms with Crippen molar-refractivity contribution in [3.05, 3.63) is 65.7 Å². The van der Waals surface area contributed by atoms with Gasteiger partial charge in [0.05, 0.1) is 11.4 Å². The molecule has 1 aromatic heterocycles. The Morgan fingerprint density at radius 2 is 1.62 bits per heavy atom. The number of piperazine rings is 1. The molecule has 2 aromatic carbocycles. The summed E-state index contributed by atoms with van der Waals surface area (Å²) in [6.45, 7) is 8.66. The lowest BCUT2D eigenvalue weighted by atomic mass is 9.90. The number of amides is 1. The van der Waals surface area contributed by atoms with Crippen molar-refractivity contribution in [1.82, 2.24) is 20.0 Å². The highest BCUT2D eigenvalue weighted by Crippen LogP contribution is 2.34. The van der Waals surface area contributed by atoms with Crippen LogP contribution in [0.2, 0.25) is 0 Å². The van der Waals surface area contributed by atoms with Crippen molar-refractivity contribution in [3.63, 3.8) is 0 Å². The van der Waals surface area contributed by atoms with Gasteiger partial charge in [-0.2, -0.15) is 0 Å². The molecule has 3 aliphatic rings. The van der Waals surface area contributed by atoms with Gasteiger partial charge in [0, 0.05) is 44.7 Å². The molecule has 47 heavy (non-hydrogen) atoms. The molecule has 0 radical (unpaired) electrons. The minimum atomic E-state index is 0.161. The molecule has 3 fully saturated rings. The van der Waals surface area contributed by atoms with Gasteiger partial charge in [-0.05, 0) is 92.3 Å². The summed E-state index contributed by atoms with van der Waals surface area (Å²) >= 11 is 0. The predicted octanol–water partition coefficient (Wildman–Crippen LogP) is 6.92. The zero-order chi connectivity index (χ0) is 32.6. The van der Waals surface area contributed by atoms with Crippen LogP contribution in [-0.2, 0) is 17.8 Å². The summed E-state index contributed by atoms with van der Waals surface area (Å²) in [5, 5.41) is 18.6. The maximum absolute atomic E-state index is 13.0. The molecule has 3 N–H and O–H groups in total. The molecule has 8 nitrogen and oxygen atoms in total. The lowest BCUT2D eigenvalue weighted by Gasteiger charge is -2.36. The lowest BCUT2D eigenvalue weighted by Crippen LogP contribution is -2.49. The quantitative estimate of drug-likeness (QED) is 0.208. The number of carbonyl (C=O) groups excluding carboxylic acids is 1. The van der Waals surface area contributed by atoms with Crippen LogP contribution < -0.4 is 10.6 Å². The fourth-order valence-electron chi connectivity index (χ4n) is 8.01. The normalized spacial score (nSPS) is 21.0. The first-order valence-electron chi connectivity index (χ1n) is 18.2. The molecule has 3 aromatic rings. The Balaban J connectivity index is 0.843. The van der Waals surface area contributed by atoms with E-state index in [0.29, 0.717) is 49.7 Å². The molecule has 2 saturated heterocycles. The second-order valence-corrected chi connectivity index (χ2v) is 14.4. The van der Waals surface area contributed by atoms with Crippen molar-refractivity contribution >= 4 is 17.4 Å². The number of anilines is 2. The predicted molar refractivity (Wildman–Crippen MR) is 190 cm³/mol. The third-order valence-electron chi connectivity index (χ3n) is 11.1. The lowest BCUT2D eigenvalue weighted by molar-refractivity contribution is -0.131. The SMILES string of the molecule is CC1CCCC1Cc1ccc(CN2CCC(CCCCCC(=O)N3CCN(c4cc(-c5ccccc5O)nnc4N)CC3)CC2)cc1. The van der Waals surface area contributed by atoms with Gasteiger partial charge in [0.2, 0.25) is 5.91 Å². The molecule has 252 valence electrons. The van der Waals surface area contributed by atoms with E-state index in [1.165, 1.54) is 75.6 Å². The summed E-state index contributed by atoms with van der Waals surface area (Å²) in [6.07, 6.45) is 13.3. The van der Waals surface area contributed by atoms with Crippen LogP contribution in [0.4, 0.5) is 11.5 Å². The Morgan fingerprint density at radius 1 is 0.872 bits per heavy atom. The maximum atomic E-state index is 13.0. The van der Waals surface area contributed by atoms with Gasteiger partial charge in [-0.15, -0.1) is 10.2 Å². The van der Waals surface area contributed by atoms with Crippen LogP contribution in [-0.4, -0.2) is 70.3 Å². The number of rotatable bonds is 12. The number of likely N-dealkylation sites (tertiary alicyclic amines) is 1. The molecule has 6 rings (SSSR count). The van der Waals surface area contributed by atoms with Crippen LogP contribution in [0.3, 0.4) is 0 Å². The van der Waals surface area contributed by atoms with Gasteiger partial charge < -0.3 is 20.6 Å². The van der Waals surface area contributed by atoms with Crippen molar-refractivity contribution in [2.24, 2.45) is 17.8 Å². The van der Waals surface area contributed by atoms with Crippen molar-refractivity contribution in [2.75, 3.05) is 49.9 Å². The Hall–Kier alpha value is -3.65. The molecule has 2 atom stereocenters. The van der Waals surface area contributed by atoms with Crippen molar-refractivity contribution in [2.45, 2.75) is 84.1 Å². The fraction of sp³-hybridized carbons (Fsp3) is 0.564. The number of hydrogen-bond donors (Lipinski definition) is 2. The number of carbonyl (C=O) groups is 1. The molecule has 1 saturated carbocycles. The first-order chi connectivity index (χ1) is 22.9. The highest BCUT2D eigenvalue weighted by Gasteiger charge is 2.25. The van der Waals surface area contributed by atoms with E-state index in [0.717, 1.165) is 42.8 Å². The van der Waals surface area contributed by atoms with Crippen LogP contribution in [0.5, 0.6) is 5.75 Å². The number of nitrogen functional groups attached to an aromatic ring is 1. The summed E-state index contributed by atoms with van der Waals surface area (Å²) in [5.74, 6) is 3.38. The first-order valence-corrected chi connectivity index (χ1v) is 18.2. The largest absolute Gasteiger partial charge is 0.507 e. The molecular weight excluding hydrogens is 584 g/mol. The highest BCUT2D eigenvalue weighted by molar-refractivity contribution is 5.77. The maximum Gasteiger partial charge on any atom is 0.222 e. The zero-order valence-corrected chi connectivity index (χ0v) is 28.3. The molecule has 0 spiro atoms. The highest BCUT2D eigenvalue weighted by atomic mass is 16.3. The third kappa shape index (κ3) is 8.83. The smallest absolute Gasteiger partial charge is 0.222 e. The Morgan fingerprint density at radius 3 is 2.34 bits per heavy atom. The monoisotopic (exact) mass is 638 g/mol. The number of piperidine rings is 1. The second kappa shape index (κ2) is 16.0. The Labute approximate surface area is 281 Å². The standard InChI is InChI=1S/C39H54N6O2/c1-29-8-7-10-33(29)26-31-14-16-32(17-15-31)28-43-20-18-30(19-21-43)9-3-2-4-13-38(47)45-24-22-44(23-25-45)36-27-35(41-42-39(36)40)34-11-5-6-12-37(34)46/h5-6,11-12,14-17,27,29-30,33,46H,2-4,7-10,13,18-26,28H2,1H3,(H2,40,42). The number of nitrogens with two attached hydrogens (primary N) is 1. The molecule has 3 heterocycles. The molecular formula is C39H54N6O2. The average molecular weight is 639 g/mol. The number of benzene rings is 2. The minimum absolute atomic E-state index is 0.161. The van der Waals surface area contributed by atoms with Gasteiger partial charge >= 0.3 is 0 Å². The van der Waals surface area contributed by atoms with E-state index in [4.69, 9.17) is 5.73 Å². The van der Waals surface area contributed by atoms with Crippen LogP contribution in [0.25, 0.3) is 11.3 Å². The van der Waals surface area contributed by atoms with E-state index in [1.54, 1.807) is 12.1 Å². The molecule has 8 heteroatoms. The van der Waals surface area contributed by atoms with Gasteiger partial charge in [-0.25, -0.2) is 0 Å². The van der Waals surface area contributed by atoms with E-state index in [-0.39, 0.29) is 11.7 Å². The first kappa shape index (κ1) is 33.3. The van der Waals surface area contributed by atoms with Gasteiger partial charge in [0.1, 0.15) is 5.75 Å². The van der Waals surface area contributed by atoms with Crippen LogP contribution >= 0.6 is 0 Å². The van der Waals surface area contributed by atoms with E-state index in [9.17, 15) is 9.90 Å². The van der Waals surface area contributed by atoms with Gasteiger partial charge in [0.15, 0.2) is 5.82 Å². The number of aromatic hydroxyl groups is 1. The van der Waals surface area contributed by atoms with Crippen LogP contribution in [0.15, 0.2) is 54.6 Å². The van der Waals surface area contributed by atoms with E-state index in [1.807, 2.05) is 23.1 Å². The number of aromatic nitrogens is 2. The minimum Gasteiger partial charge on any atom is -0.507 e. The summed E-state index contributed by atoms with van der Waals surface area (Å²) in [7, 11) is 0. The molecule has 2 unspecified atom stereocenters. The average Bonchev–Trinajstić information content (AvgIpc) is 3.50. The van der Waals surface area contributed by atoms with Gasteiger partial charge in [-0.3, -0.25) is 9.69 Å². The number of phenols is 1. The fourth-order valence-corrected chi connectivity index (χ4v) is 8.01. The van der Waals surface area contributed by atoms with Crippen molar-refractivity contribution in [3.8, 4) is 17.0 Å². The van der Waals surface area contributed by atoms with Crippen molar-refractivity contribution in [1.29, 1.82) is 0 Å². The molecule has 1 aliphatic carbocycles. The number of phenolic OH excluding ortho intramolecular Hbond substituents is 1. The topological polar surface area (TPSA) is 98.8 Å². The zero-order valence-electron chi connectivity index (χ0n) is 28.3.